The van der Waals surface area contributed by atoms with Crippen molar-refractivity contribution in [3.8, 4) is 0 Å². The average molecular weight is 356 g/mol. The summed E-state index contributed by atoms with van der Waals surface area (Å²) in [5.74, 6) is 1.11. The van der Waals surface area contributed by atoms with Crippen molar-refractivity contribution in [1.82, 2.24) is 19.8 Å². The van der Waals surface area contributed by atoms with Crippen LogP contribution in [0.1, 0.15) is 30.3 Å². The number of aromatic nitrogens is 2. The number of nitrogens with zero attached hydrogens (tertiary/aromatic N) is 3. The highest BCUT2D eigenvalue weighted by molar-refractivity contribution is 5.15. The molecule has 0 bridgehead atoms. The van der Waals surface area contributed by atoms with Crippen molar-refractivity contribution in [3.05, 3.63) is 54.1 Å². The number of rotatable bonds is 6. The van der Waals surface area contributed by atoms with Crippen molar-refractivity contribution in [2.75, 3.05) is 32.9 Å². The van der Waals surface area contributed by atoms with Gasteiger partial charge in [0.15, 0.2) is 0 Å². The minimum atomic E-state index is -0.400. The third-order valence-electron chi connectivity index (χ3n) is 5.69. The molecule has 0 aliphatic carbocycles. The van der Waals surface area contributed by atoms with Crippen LogP contribution in [0.4, 0.5) is 0 Å². The Balaban J connectivity index is 1.48. The van der Waals surface area contributed by atoms with Crippen molar-refractivity contribution in [2.24, 2.45) is 0 Å². The molecule has 0 radical (unpaired) electrons. The first-order valence-electron chi connectivity index (χ1n) is 9.53. The first-order valence-corrected chi connectivity index (χ1v) is 9.53. The van der Waals surface area contributed by atoms with Gasteiger partial charge < -0.3 is 19.7 Å². The molecule has 1 aromatic carbocycles. The summed E-state index contributed by atoms with van der Waals surface area (Å²) in [5.41, 5.74) is 0.864. The third-order valence-corrected chi connectivity index (χ3v) is 5.69. The number of imidazole rings is 1. The van der Waals surface area contributed by atoms with E-state index in [1.54, 1.807) is 0 Å². The molecule has 1 fully saturated rings. The summed E-state index contributed by atoms with van der Waals surface area (Å²) < 4.78 is 8.00. The normalized spacial score (nSPS) is 26.6. The number of aliphatic hydroxyl groups is 1. The zero-order valence-corrected chi connectivity index (χ0v) is 15.2. The highest BCUT2D eigenvalue weighted by Crippen LogP contribution is 2.26. The third kappa shape index (κ3) is 3.55. The predicted octanol–water partition coefficient (Wildman–Crippen LogP) is 1.57. The Kier molecular flexibility index (Phi) is 5.36. The van der Waals surface area contributed by atoms with Crippen molar-refractivity contribution in [3.63, 3.8) is 0 Å². The smallest absolute Gasteiger partial charge is 0.125 e. The molecular formula is C20H28N4O2. The molecule has 2 aliphatic rings. The van der Waals surface area contributed by atoms with Gasteiger partial charge in [-0.25, -0.2) is 4.98 Å². The fourth-order valence-corrected chi connectivity index (χ4v) is 4.10. The van der Waals surface area contributed by atoms with Gasteiger partial charge in [0.05, 0.1) is 31.4 Å². The van der Waals surface area contributed by atoms with Gasteiger partial charge in [-0.1, -0.05) is 30.3 Å². The second kappa shape index (κ2) is 7.88. The fraction of sp³-hybridized carbons (Fsp3) is 0.550. The maximum atomic E-state index is 10.3. The molecule has 4 rings (SSSR count). The minimum absolute atomic E-state index is 0.0774. The first kappa shape index (κ1) is 17.7. The van der Waals surface area contributed by atoms with Crippen molar-refractivity contribution in [2.45, 2.75) is 37.5 Å². The van der Waals surface area contributed by atoms with E-state index >= 15 is 0 Å². The number of benzene rings is 1. The number of ether oxygens (including phenoxy) is 1. The molecule has 3 heterocycles. The van der Waals surface area contributed by atoms with Crippen LogP contribution in [0.5, 0.6) is 0 Å². The minimum Gasteiger partial charge on any atom is -0.394 e. The molecule has 140 valence electrons. The molecule has 2 unspecified atom stereocenters. The van der Waals surface area contributed by atoms with Crippen molar-refractivity contribution < 1.29 is 9.84 Å². The van der Waals surface area contributed by atoms with Gasteiger partial charge in [0, 0.05) is 38.6 Å². The molecule has 2 aliphatic heterocycles. The lowest BCUT2D eigenvalue weighted by molar-refractivity contribution is -0.0955. The Morgan fingerprint density at radius 3 is 3.00 bits per heavy atom. The van der Waals surface area contributed by atoms with Crippen LogP contribution in [-0.4, -0.2) is 58.0 Å². The van der Waals surface area contributed by atoms with Crippen LogP contribution in [0.3, 0.4) is 0 Å². The topological polar surface area (TPSA) is 62.6 Å². The molecule has 2 aromatic rings. The van der Waals surface area contributed by atoms with Crippen LogP contribution in [0.2, 0.25) is 0 Å². The Hall–Kier alpha value is -1.73. The number of aliphatic hydroxyl groups excluding tert-OH is 1. The lowest BCUT2D eigenvalue weighted by atomic mass is 9.95. The van der Waals surface area contributed by atoms with Crippen LogP contribution in [-0.2, 0) is 17.8 Å². The lowest BCUT2D eigenvalue weighted by Crippen LogP contribution is -2.63. The first-order chi connectivity index (χ1) is 12.8. The van der Waals surface area contributed by atoms with E-state index in [4.69, 9.17) is 4.74 Å². The molecule has 2 atom stereocenters. The van der Waals surface area contributed by atoms with E-state index in [1.165, 1.54) is 5.56 Å². The summed E-state index contributed by atoms with van der Waals surface area (Å²) in [6, 6.07) is 10.7. The number of morpholine rings is 1. The monoisotopic (exact) mass is 356 g/mol. The van der Waals surface area contributed by atoms with E-state index in [0.29, 0.717) is 19.8 Å². The summed E-state index contributed by atoms with van der Waals surface area (Å²) in [5, 5.41) is 14.0. The Morgan fingerprint density at radius 1 is 1.27 bits per heavy atom. The molecular weight excluding hydrogens is 328 g/mol. The average Bonchev–Trinajstić information content (AvgIpc) is 3.18. The maximum Gasteiger partial charge on any atom is 0.125 e. The molecule has 6 heteroatoms. The van der Waals surface area contributed by atoms with E-state index in [9.17, 15) is 5.11 Å². The largest absolute Gasteiger partial charge is 0.394 e. The number of hydrogen-bond acceptors (Lipinski definition) is 5. The van der Waals surface area contributed by atoms with E-state index in [2.05, 4.69) is 50.2 Å². The molecule has 1 aromatic heterocycles. The molecule has 0 saturated carbocycles. The van der Waals surface area contributed by atoms with E-state index in [0.717, 1.165) is 38.3 Å². The summed E-state index contributed by atoms with van der Waals surface area (Å²) in [6.45, 7) is 4.72. The zero-order valence-electron chi connectivity index (χ0n) is 15.2. The van der Waals surface area contributed by atoms with E-state index in [1.807, 2.05) is 12.3 Å². The zero-order chi connectivity index (χ0) is 17.8. The number of hydrogen-bond donors (Lipinski definition) is 2. The number of nitrogens with one attached hydrogen (secondary N) is 1. The standard InChI is InChI=1S/C20H28N4O2/c25-15-20(14-22-18-7-4-9-23-10-8-21-19(18)23)16-26-12-11-24(20)13-17-5-2-1-3-6-17/h1-3,5-6,8,10,18,22,25H,4,7,9,11-16H2. The van der Waals surface area contributed by atoms with E-state index < -0.39 is 5.54 Å². The molecule has 0 spiro atoms. The molecule has 2 N–H and O–H groups in total. The molecule has 1 saturated heterocycles. The van der Waals surface area contributed by atoms with Crippen molar-refractivity contribution in [1.29, 1.82) is 0 Å². The summed E-state index contributed by atoms with van der Waals surface area (Å²) >= 11 is 0. The van der Waals surface area contributed by atoms with Gasteiger partial charge >= 0.3 is 0 Å². The SMILES string of the molecule is OCC1(CNC2CCCn3ccnc32)COCCN1Cc1ccccc1. The summed E-state index contributed by atoms with van der Waals surface area (Å²) in [4.78, 5) is 6.90. The van der Waals surface area contributed by atoms with Crippen LogP contribution in [0.15, 0.2) is 42.7 Å². The van der Waals surface area contributed by atoms with Crippen molar-refractivity contribution >= 4 is 0 Å². The summed E-state index contributed by atoms with van der Waals surface area (Å²) in [6.07, 6.45) is 6.16. The second-order valence-electron chi connectivity index (χ2n) is 7.40. The van der Waals surface area contributed by atoms with Gasteiger partial charge in [-0.05, 0) is 18.4 Å². The van der Waals surface area contributed by atoms with Crippen LogP contribution >= 0.6 is 0 Å². The van der Waals surface area contributed by atoms with Gasteiger partial charge in [0.2, 0.25) is 0 Å². The van der Waals surface area contributed by atoms with Gasteiger partial charge in [-0.2, -0.15) is 0 Å². The quantitative estimate of drug-likeness (QED) is 0.823. The lowest BCUT2D eigenvalue weighted by Gasteiger charge is -2.46. The van der Waals surface area contributed by atoms with Gasteiger partial charge in [0.25, 0.3) is 0 Å². The number of aryl methyl sites for hydroxylation is 1. The van der Waals surface area contributed by atoms with Gasteiger partial charge in [0.1, 0.15) is 5.82 Å². The Morgan fingerprint density at radius 2 is 2.15 bits per heavy atom. The van der Waals surface area contributed by atoms with Gasteiger partial charge in [-0.3, -0.25) is 4.90 Å². The highest BCUT2D eigenvalue weighted by Gasteiger charge is 2.40. The molecule has 26 heavy (non-hydrogen) atoms. The Bertz CT molecular complexity index is 705. The predicted molar refractivity (Wildman–Crippen MR) is 99.7 cm³/mol. The van der Waals surface area contributed by atoms with Gasteiger partial charge in [-0.15, -0.1) is 0 Å². The highest BCUT2D eigenvalue weighted by atomic mass is 16.5. The second-order valence-corrected chi connectivity index (χ2v) is 7.40. The van der Waals surface area contributed by atoms with Crippen LogP contribution in [0, 0.1) is 0 Å². The number of fused-ring (bicyclic) bond motifs is 1. The Labute approximate surface area is 154 Å². The summed E-state index contributed by atoms with van der Waals surface area (Å²) in [7, 11) is 0. The maximum absolute atomic E-state index is 10.3. The van der Waals surface area contributed by atoms with E-state index in [-0.39, 0.29) is 12.6 Å². The fourth-order valence-electron chi connectivity index (χ4n) is 4.10. The molecule has 6 nitrogen and oxygen atoms in total. The van der Waals surface area contributed by atoms with Crippen LogP contribution in [0.25, 0.3) is 0 Å². The molecule has 0 amide bonds. The van der Waals surface area contributed by atoms with Crippen LogP contribution < -0.4 is 5.32 Å².